The number of nitrogens with one attached hydrogen (secondary N) is 1. The molecule has 1 aliphatic carbocycles. The zero-order chi connectivity index (χ0) is 23.6. The van der Waals surface area contributed by atoms with E-state index in [-0.39, 0.29) is 36.7 Å². The number of urea groups is 1. The Kier molecular flexibility index (Phi) is 6.58. The molecule has 1 saturated carbocycles. The molecule has 4 rings (SSSR count). The van der Waals surface area contributed by atoms with Gasteiger partial charge in [-0.25, -0.2) is 9.18 Å². The fourth-order valence-electron chi connectivity index (χ4n) is 4.08. The third-order valence-electron chi connectivity index (χ3n) is 5.65. The van der Waals surface area contributed by atoms with Crippen LogP contribution in [-0.2, 0) is 6.54 Å². The quantitative estimate of drug-likeness (QED) is 0.596. The van der Waals surface area contributed by atoms with Crippen LogP contribution in [0.1, 0.15) is 24.8 Å². The van der Waals surface area contributed by atoms with Gasteiger partial charge < -0.3 is 29.4 Å². The molecule has 1 aromatic heterocycles. The highest BCUT2D eigenvalue weighted by molar-refractivity contribution is 5.75. The number of nitrogens with zero attached hydrogens (tertiary/aromatic N) is 4. The fraction of sp³-hybridized carbons (Fsp3) is 0.550. The first-order valence-corrected chi connectivity index (χ1v) is 10.5. The van der Waals surface area contributed by atoms with Crippen LogP contribution >= 0.6 is 0 Å². The first-order chi connectivity index (χ1) is 15.7. The molecule has 2 atom stereocenters. The molecule has 1 aromatic carbocycles. The number of carbonyl (C=O) groups excluding carboxylic acids is 1. The maximum absolute atomic E-state index is 14.2. The summed E-state index contributed by atoms with van der Waals surface area (Å²) < 4.78 is 60.1. The van der Waals surface area contributed by atoms with Crippen LogP contribution in [0.2, 0.25) is 0 Å². The number of ether oxygens (including phenoxy) is 1. The minimum Gasteiger partial charge on any atom is -0.411 e. The van der Waals surface area contributed by atoms with Gasteiger partial charge in [-0.15, -0.1) is 18.3 Å². The number of rotatable bonds is 7. The molecule has 0 radical (unpaired) electrons. The van der Waals surface area contributed by atoms with Crippen LogP contribution in [0.5, 0.6) is 5.75 Å². The van der Waals surface area contributed by atoms with Crippen LogP contribution in [-0.4, -0.2) is 64.4 Å². The number of aliphatic hydroxyl groups is 1. The highest BCUT2D eigenvalue weighted by Crippen LogP contribution is 2.33. The highest BCUT2D eigenvalue weighted by Gasteiger charge is 2.41. The van der Waals surface area contributed by atoms with Gasteiger partial charge in [-0.2, -0.15) is 0 Å². The second kappa shape index (κ2) is 9.41. The summed E-state index contributed by atoms with van der Waals surface area (Å²) in [5.41, 5.74) is 0.0259. The second-order valence-electron chi connectivity index (χ2n) is 8.16. The van der Waals surface area contributed by atoms with Crippen molar-refractivity contribution in [1.29, 1.82) is 0 Å². The van der Waals surface area contributed by atoms with Crippen LogP contribution in [0.3, 0.4) is 0 Å². The minimum atomic E-state index is -4.92. The number of aromatic nitrogens is 2. The van der Waals surface area contributed by atoms with Gasteiger partial charge in [0.05, 0.1) is 6.04 Å². The van der Waals surface area contributed by atoms with E-state index in [1.165, 1.54) is 6.39 Å². The maximum Gasteiger partial charge on any atom is 0.573 e. The molecular weight excluding hydrogens is 450 g/mol. The Labute approximate surface area is 186 Å². The van der Waals surface area contributed by atoms with E-state index < -0.39 is 24.0 Å². The van der Waals surface area contributed by atoms with Crippen molar-refractivity contribution in [2.75, 3.05) is 24.6 Å². The van der Waals surface area contributed by atoms with Gasteiger partial charge in [0.2, 0.25) is 6.39 Å². The Bertz CT molecular complexity index is 954. The number of amides is 2. The monoisotopic (exact) mass is 473 g/mol. The first kappa shape index (κ1) is 23.1. The maximum atomic E-state index is 14.2. The van der Waals surface area contributed by atoms with Crippen molar-refractivity contribution in [3.8, 4) is 5.75 Å². The Hall–Kier alpha value is -3.09. The number of aliphatic hydroxyl groups excluding tert-OH is 1. The summed E-state index contributed by atoms with van der Waals surface area (Å²) in [5, 5.41) is 20.0. The van der Waals surface area contributed by atoms with Crippen molar-refractivity contribution in [2.45, 2.75) is 44.3 Å². The number of piperidine rings is 1. The fourth-order valence-corrected chi connectivity index (χ4v) is 4.08. The average molecular weight is 473 g/mol. The smallest absolute Gasteiger partial charge is 0.411 e. The van der Waals surface area contributed by atoms with Crippen LogP contribution in [0.15, 0.2) is 29.0 Å². The van der Waals surface area contributed by atoms with E-state index in [1.54, 1.807) is 4.90 Å². The Balaban J connectivity index is 1.42. The number of hydrogen-bond donors (Lipinski definition) is 2. The summed E-state index contributed by atoms with van der Waals surface area (Å²) in [6.45, 7) is 0.663. The van der Waals surface area contributed by atoms with Crippen LogP contribution < -0.4 is 15.0 Å². The number of carbonyl (C=O) groups is 1. The molecule has 2 aliphatic rings. The van der Waals surface area contributed by atoms with E-state index in [9.17, 15) is 27.5 Å². The van der Waals surface area contributed by atoms with Crippen LogP contribution in [0, 0.1) is 11.7 Å². The van der Waals surface area contributed by atoms with Gasteiger partial charge in [-0.05, 0) is 25.3 Å². The lowest BCUT2D eigenvalue weighted by molar-refractivity contribution is -0.274. The molecule has 2 unspecified atom stereocenters. The molecule has 1 saturated heterocycles. The van der Waals surface area contributed by atoms with Crippen molar-refractivity contribution >= 4 is 12.0 Å². The van der Waals surface area contributed by atoms with Gasteiger partial charge in [-0.1, -0.05) is 11.2 Å². The number of benzene rings is 1. The molecule has 0 bridgehead atoms. The van der Waals surface area contributed by atoms with Crippen molar-refractivity contribution < 1.29 is 36.6 Å². The molecule has 0 spiro atoms. The number of alkyl halides is 3. The standard InChI is InChI=1S/C20H23F4N5O4/c21-17-6-16(33-20(22,23)24)4-1-13(17)7-25-18(31)29(14-2-3-14)15-5-12(10-30)8-28(9-15)19-27-26-11-32-19/h1,4,6,11-12,14-15,30H,2-3,5,7-10H2,(H,25,31). The molecule has 1 aliphatic heterocycles. The van der Waals surface area contributed by atoms with Gasteiger partial charge in [0.25, 0.3) is 0 Å². The molecule has 33 heavy (non-hydrogen) atoms. The normalized spacial score (nSPS) is 21.1. The topological polar surface area (TPSA) is 104 Å². The van der Waals surface area contributed by atoms with Gasteiger partial charge in [0, 0.05) is 49.8 Å². The molecule has 13 heteroatoms. The molecule has 2 amide bonds. The third kappa shape index (κ3) is 5.83. The lowest BCUT2D eigenvalue weighted by Crippen LogP contribution is -2.56. The molecule has 2 aromatic rings. The van der Waals surface area contributed by atoms with Gasteiger partial charge in [0.15, 0.2) is 0 Å². The van der Waals surface area contributed by atoms with Crippen LogP contribution in [0.25, 0.3) is 0 Å². The van der Waals surface area contributed by atoms with Crippen LogP contribution in [0.4, 0.5) is 28.4 Å². The second-order valence-corrected chi connectivity index (χ2v) is 8.16. The summed E-state index contributed by atoms with van der Waals surface area (Å²) in [7, 11) is 0. The number of halogens is 4. The lowest BCUT2D eigenvalue weighted by Gasteiger charge is -2.41. The molecule has 180 valence electrons. The number of anilines is 1. The predicted molar refractivity (Wildman–Crippen MR) is 106 cm³/mol. The molecule has 2 N–H and O–H groups in total. The van der Waals surface area contributed by atoms with E-state index >= 15 is 0 Å². The SMILES string of the molecule is O=C(NCc1ccc(OC(F)(F)F)cc1F)N(C1CC1)C1CC(CO)CN(c2nnco2)C1. The van der Waals surface area contributed by atoms with E-state index in [2.05, 4.69) is 20.3 Å². The summed E-state index contributed by atoms with van der Waals surface area (Å²) in [5.74, 6) is -1.70. The van der Waals surface area contributed by atoms with E-state index in [4.69, 9.17) is 4.42 Å². The van der Waals surface area contributed by atoms with Crippen molar-refractivity contribution in [2.24, 2.45) is 5.92 Å². The minimum absolute atomic E-state index is 0.0180. The largest absolute Gasteiger partial charge is 0.573 e. The predicted octanol–water partition coefficient (Wildman–Crippen LogP) is 2.67. The van der Waals surface area contributed by atoms with E-state index in [0.717, 1.165) is 25.0 Å². The van der Waals surface area contributed by atoms with E-state index in [1.807, 2.05) is 4.90 Å². The summed E-state index contributed by atoms with van der Waals surface area (Å²) >= 11 is 0. The van der Waals surface area contributed by atoms with Crippen molar-refractivity contribution in [3.05, 3.63) is 36.0 Å². The number of hydrogen-bond acceptors (Lipinski definition) is 7. The Morgan fingerprint density at radius 3 is 2.70 bits per heavy atom. The molecule has 9 nitrogen and oxygen atoms in total. The Morgan fingerprint density at radius 1 is 1.30 bits per heavy atom. The summed E-state index contributed by atoms with van der Waals surface area (Å²) in [4.78, 5) is 16.6. The molecular formula is C20H23F4N5O4. The lowest BCUT2D eigenvalue weighted by atomic mass is 9.94. The third-order valence-corrected chi connectivity index (χ3v) is 5.65. The zero-order valence-electron chi connectivity index (χ0n) is 17.5. The van der Waals surface area contributed by atoms with E-state index in [0.29, 0.717) is 31.6 Å². The van der Waals surface area contributed by atoms with Crippen molar-refractivity contribution in [1.82, 2.24) is 20.4 Å². The highest BCUT2D eigenvalue weighted by atomic mass is 19.4. The first-order valence-electron chi connectivity index (χ1n) is 10.5. The van der Waals surface area contributed by atoms with Gasteiger partial charge in [0.1, 0.15) is 11.6 Å². The summed E-state index contributed by atoms with van der Waals surface area (Å²) in [6, 6.07) is 2.42. The Morgan fingerprint density at radius 2 is 2.09 bits per heavy atom. The van der Waals surface area contributed by atoms with Crippen molar-refractivity contribution in [3.63, 3.8) is 0 Å². The average Bonchev–Trinajstić information content (AvgIpc) is 3.42. The van der Waals surface area contributed by atoms with Gasteiger partial charge >= 0.3 is 18.4 Å². The molecule has 2 fully saturated rings. The van der Waals surface area contributed by atoms with Gasteiger partial charge in [-0.3, -0.25) is 0 Å². The molecule has 2 heterocycles. The zero-order valence-corrected chi connectivity index (χ0v) is 17.5. The summed E-state index contributed by atoms with van der Waals surface area (Å²) in [6.07, 6.45) is -1.49.